The first-order valence-corrected chi connectivity index (χ1v) is 6.44. The van der Waals surface area contributed by atoms with Crippen molar-refractivity contribution in [2.75, 3.05) is 5.32 Å². The number of benzene rings is 1. The van der Waals surface area contributed by atoms with E-state index in [-0.39, 0.29) is 0 Å². The fraction of sp³-hybridized carbons (Fsp3) is 0.357. The Kier molecular flexibility index (Phi) is 2.68. The number of aromatic nitrogens is 1. The second-order valence-corrected chi connectivity index (χ2v) is 5.70. The minimum atomic E-state index is -0.516. The Bertz CT molecular complexity index is 589. The smallest absolute Gasteiger partial charge is 0.0723 e. The Morgan fingerprint density at radius 3 is 2.89 bits per heavy atom. The molecule has 3 rings (SSSR count). The van der Waals surface area contributed by atoms with E-state index in [9.17, 15) is 5.11 Å². The van der Waals surface area contributed by atoms with Crippen LogP contribution in [0.4, 0.5) is 5.69 Å². The number of halogens is 1. The minimum absolute atomic E-state index is 0.324. The van der Waals surface area contributed by atoms with Gasteiger partial charge in [-0.2, -0.15) is 0 Å². The molecule has 0 bridgehead atoms. The van der Waals surface area contributed by atoms with E-state index in [4.69, 9.17) is 11.6 Å². The molecule has 2 aromatic rings. The number of anilines is 1. The average Bonchev–Trinajstić information content (AvgIpc) is 2.27. The van der Waals surface area contributed by atoms with Gasteiger partial charge < -0.3 is 10.4 Å². The lowest BCUT2D eigenvalue weighted by molar-refractivity contribution is -0.0234. The Morgan fingerprint density at radius 2 is 2.17 bits per heavy atom. The summed E-state index contributed by atoms with van der Waals surface area (Å²) in [5.41, 5.74) is 1.44. The molecule has 94 valence electrons. The summed E-state index contributed by atoms with van der Waals surface area (Å²) in [4.78, 5) is 4.31. The summed E-state index contributed by atoms with van der Waals surface area (Å²) in [5.74, 6) is 0. The van der Waals surface area contributed by atoms with Crippen LogP contribution in [-0.4, -0.2) is 21.7 Å². The number of hydrogen-bond donors (Lipinski definition) is 2. The number of fused-ring (bicyclic) bond motifs is 1. The zero-order valence-corrected chi connectivity index (χ0v) is 10.9. The van der Waals surface area contributed by atoms with Gasteiger partial charge in [0.05, 0.1) is 11.1 Å². The number of nitrogens with one attached hydrogen (secondary N) is 1. The molecule has 0 aliphatic heterocycles. The van der Waals surface area contributed by atoms with E-state index in [1.54, 1.807) is 6.20 Å². The third-order valence-corrected chi connectivity index (χ3v) is 3.67. The topological polar surface area (TPSA) is 45.1 Å². The monoisotopic (exact) mass is 262 g/mol. The third-order valence-electron chi connectivity index (χ3n) is 3.44. The largest absolute Gasteiger partial charge is 0.390 e. The highest BCUT2D eigenvalue weighted by atomic mass is 35.5. The van der Waals surface area contributed by atoms with E-state index < -0.39 is 5.60 Å². The van der Waals surface area contributed by atoms with Crippen LogP contribution in [0, 0.1) is 0 Å². The summed E-state index contributed by atoms with van der Waals surface area (Å²) in [6.45, 7) is 1.87. The van der Waals surface area contributed by atoms with Crippen LogP contribution < -0.4 is 5.32 Å². The van der Waals surface area contributed by atoms with Gasteiger partial charge in [0.1, 0.15) is 0 Å². The second kappa shape index (κ2) is 4.11. The van der Waals surface area contributed by atoms with E-state index >= 15 is 0 Å². The molecule has 0 amide bonds. The van der Waals surface area contributed by atoms with Gasteiger partial charge in [0.25, 0.3) is 0 Å². The lowest BCUT2D eigenvalue weighted by Crippen LogP contribution is -2.48. The molecule has 1 fully saturated rings. The van der Waals surface area contributed by atoms with Crippen LogP contribution in [0.1, 0.15) is 19.8 Å². The maximum Gasteiger partial charge on any atom is 0.0723 e. The van der Waals surface area contributed by atoms with E-state index in [1.807, 2.05) is 31.2 Å². The first-order valence-electron chi connectivity index (χ1n) is 6.07. The standard InChI is InChI=1S/C14H15ClN2O/c1-14(18)7-10(8-14)17-13-4-5-16-12-3-2-9(15)6-11(12)13/h2-6,10,18H,7-8H2,1H3,(H,16,17). The van der Waals surface area contributed by atoms with Crippen molar-refractivity contribution in [1.82, 2.24) is 4.98 Å². The van der Waals surface area contributed by atoms with Crippen molar-refractivity contribution >= 4 is 28.2 Å². The summed E-state index contributed by atoms with van der Waals surface area (Å²) in [7, 11) is 0. The summed E-state index contributed by atoms with van der Waals surface area (Å²) in [5, 5.41) is 14.9. The fourth-order valence-corrected chi connectivity index (χ4v) is 2.74. The maximum absolute atomic E-state index is 9.75. The van der Waals surface area contributed by atoms with E-state index in [1.165, 1.54) is 0 Å². The predicted molar refractivity (Wildman–Crippen MR) is 74.0 cm³/mol. The molecule has 1 heterocycles. The predicted octanol–water partition coefficient (Wildman–Crippen LogP) is 3.21. The van der Waals surface area contributed by atoms with Crippen LogP contribution in [-0.2, 0) is 0 Å². The molecule has 2 N–H and O–H groups in total. The SMILES string of the molecule is CC1(O)CC(Nc2ccnc3ccc(Cl)cc23)C1. The van der Waals surface area contributed by atoms with Crippen molar-refractivity contribution < 1.29 is 5.11 Å². The number of hydrogen-bond acceptors (Lipinski definition) is 3. The quantitative estimate of drug-likeness (QED) is 0.874. The van der Waals surface area contributed by atoms with Crippen LogP contribution in [0.5, 0.6) is 0 Å². The first kappa shape index (κ1) is 11.8. The molecule has 0 saturated heterocycles. The molecule has 0 unspecified atom stereocenters. The Labute approximate surface area is 111 Å². The zero-order chi connectivity index (χ0) is 12.8. The van der Waals surface area contributed by atoms with Gasteiger partial charge in [-0.3, -0.25) is 4.98 Å². The van der Waals surface area contributed by atoms with Crippen LogP contribution in [0.15, 0.2) is 30.5 Å². The van der Waals surface area contributed by atoms with Crippen LogP contribution in [0.2, 0.25) is 5.02 Å². The van der Waals surface area contributed by atoms with Gasteiger partial charge in [-0.15, -0.1) is 0 Å². The number of nitrogens with zero attached hydrogens (tertiary/aromatic N) is 1. The van der Waals surface area contributed by atoms with Crippen molar-refractivity contribution in [2.45, 2.75) is 31.4 Å². The third kappa shape index (κ3) is 2.16. The molecule has 1 aliphatic carbocycles. The molecule has 1 aromatic heterocycles. The number of rotatable bonds is 2. The molecule has 1 saturated carbocycles. The van der Waals surface area contributed by atoms with Crippen LogP contribution >= 0.6 is 11.6 Å². The Balaban J connectivity index is 1.90. The minimum Gasteiger partial charge on any atom is -0.390 e. The molecule has 0 radical (unpaired) electrons. The van der Waals surface area contributed by atoms with Gasteiger partial charge in [-0.1, -0.05) is 11.6 Å². The van der Waals surface area contributed by atoms with Gasteiger partial charge in [-0.25, -0.2) is 0 Å². The second-order valence-electron chi connectivity index (χ2n) is 5.27. The van der Waals surface area contributed by atoms with Crippen molar-refractivity contribution in [3.63, 3.8) is 0 Å². The van der Waals surface area contributed by atoms with E-state index in [0.29, 0.717) is 11.1 Å². The molecular weight excluding hydrogens is 248 g/mol. The summed E-state index contributed by atoms with van der Waals surface area (Å²) >= 11 is 6.02. The van der Waals surface area contributed by atoms with Crippen molar-refractivity contribution in [3.05, 3.63) is 35.5 Å². The summed E-state index contributed by atoms with van der Waals surface area (Å²) in [6.07, 6.45) is 3.34. The average molecular weight is 263 g/mol. The van der Waals surface area contributed by atoms with E-state index in [2.05, 4.69) is 10.3 Å². The maximum atomic E-state index is 9.75. The summed E-state index contributed by atoms with van der Waals surface area (Å²) < 4.78 is 0. The normalized spacial score (nSPS) is 26.9. The van der Waals surface area contributed by atoms with E-state index in [0.717, 1.165) is 29.4 Å². The highest BCUT2D eigenvalue weighted by Crippen LogP contribution is 2.35. The molecular formula is C14H15ClN2O. The fourth-order valence-electron chi connectivity index (χ4n) is 2.57. The molecule has 4 heteroatoms. The van der Waals surface area contributed by atoms with Gasteiger partial charge in [0.2, 0.25) is 0 Å². The van der Waals surface area contributed by atoms with Gasteiger partial charge in [0.15, 0.2) is 0 Å². The number of aliphatic hydroxyl groups is 1. The molecule has 18 heavy (non-hydrogen) atoms. The number of pyridine rings is 1. The molecule has 0 atom stereocenters. The van der Waals surface area contributed by atoms with Crippen LogP contribution in [0.25, 0.3) is 10.9 Å². The lowest BCUT2D eigenvalue weighted by atomic mass is 9.77. The molecule has 3 nitrogen and oxygen atoms in total. The molecule has 1 aliphatic rings. The highest BCUT2D eigenvalue weighted by molar-refractivity contribution is 6.31. The summed E-state index contributed by atoms with van der Waals surface area (Å²) in [6, 6.07) is 7.95. The zero-order valence-electron chi connectivity index (χ0n) is 10.2. The van der Waals surface area contributed by atoms with Gasteiger partial charge in [-0.05, 0) is 44.0 Å². The van der Waals surface area contributed by atoms with Crippen LogP contribution in [0.3, 0.4) is 0 Å². The Hall–Kier alpha value is -1.32. The van der Waals surface area contributed by atoms with Gasteiger partial charge in [0, 0.05) is 28.3 Å². The first-order chi connectivity index (χ1) is 8.53. The van der Waals surface area contributed by atoms with Crippen molar-refractivity contribution in [1.29, 1.82) is 0 Å². The Morgan fingerprint density at radius 1 is 1.39 bits per heavy atom. The van der Waals surface area contributed by atoms with Crippen molar-refractivity contribution in [2.24, 2.45) is 0 Å². The lowest BCUT2D eigenvalue weighted by Gasteiger charge is -2.41. The molecule has 1 aromatic carbocycles. The molecule has 0 spiro atoms. The van der Waals surface area contributed by atoms with Crippen molar-refractivity contribution in [3.8, 4) is 0 Å². The van der Waals surface area contributed by atoms with Gasteiger partial charge >= 0.3 is 0 Å². The highest BCUT2D eigenvalue weighted by Gasteiger charge is 2.38.